The summed E-state index contributed by atoms with van der Waals surface area (Å²) < 4.78 is 39.1. The SMILES string of the molecule is Cc1nc(Cl)sc1S(=O)(=O)Nc1cccc(F)n1. The van der Waals surface area contributed by atoms with E-state index >= 15 is 0 Å². The summed E-state index contributed by atoms with van der Waals surface area (Å²) in [4.78, 5) is 7.22. The fraction of sp³-hybridized carbons (Fsp3) is 0.111. The van der Waals surface area contributed by atoms with Crippen LogP contribution in [0.25, 0.3) is 0 Å². The van der Waals surface area contributed by atoms with Crippen molar-refractivity contribution in [2.75, 3.05) is 4.72 Å². The van der Waals surface area contributed by atoms with Crippen molar-refractivity contribution >= 4 is 38.8 Å². The highest BCUT2D eigenvalue weighted by Crippen LogP contribution is 2.27. The van der Waals surface area contributed by atoms with E-state index in [4.69, 9.17) is 11.6 Å². The molecule has 0 atom stereocenters. The Morgan fingerprint density at radius 1 is 1.39 bits per heavy atom. The number of aryl methyl sites for hydroxylation is 1. The van der Waals surface area contributed by atoms with Crippen molar-refractivity contribution < 1.29 is 12.8 Å². The molecule has 2 aromatic heterocycles. The molecule has 0 bridgehead atoms. The minimum Gasteiger partial charge on any atom is -0.263 e. The highest BCUT2D eigenvalue weighted by molar-refractivity contribution is 7.94. The summed E-state index contributed by atoms with van der Waals surface area (Å²) in [5.74, 6) is -0.867. The minimum absolute atomic E-state index is 0.0152. The van der Waals surface area contributed by atoms with Crippen LogP contribution in [0.15, 0.2) is 22.4 Å². The van der Waals surface area contributed by atoms with Gasteiger partial charge in [0.25, 0.3) is 10.0 Å². The fourth-order valence-corrected chi connectivity index (χ4v) is 3.99. The fourth-order valence-electron chi connectivity index (χ4n) is 1.25. The number of hydrogen-bond acceptors (Lipinski definition) is 5. The first kappa shape index (κ1) is 13.2. The van der Waals surface area contributed by atoms with E-state index in [1.54, 1.807) is 0 Å². The zero-order valence-electron chi connectivity index (χ0n) is 9.02. The molecule has 96 valence electrons. The van der Waals surface area contributed by atoms with Gasteiger partial charge in [-0.25, -0.2) is 18.4 Å². The van der Waals surface area contributed by atoms with E-state index in [2.05, 4.69) is 14.7 Å². The summed E-state index contributed by atoms with van der Waals surface area (Å²) in [6.07, 6.45) is 0. The number of pyridine rings is 1. The lowest BCUT2D eigenvalue weighted by molar-refractivity contribution is 0.584. The van der Waals surface area contributed by atoms with E-state index < -0.39 is 16.0 Å². The van der Waals surface area contributed by atoms with Crippen LogP contribution < -0.4 is 4.72 Å². The summed E-state index contributed by atoms with van der Waals surface area (Å²) in [6, 6.07) is 3.82. The van der Waals surface area contributed by atoms with Crippen LogP contribution in [0.2, 0.25) is 4.47 Å². The lowest BCUT2D eigenvalue weighted by Gasteiger charge is -2.05. The Labute approximate surface area is 112 Å². The number of rotatable bonds is 3. The van der Waals surface area contributed by atoms with Gasteiger partial charge in [0.15, 0.2) is 8.68 Å². The van der Waals surface area contributed by atoms with Gasteiger partial charge in [0, 0.05) is 0 Å². The summed E-state index contributed by atoms with van der Waals surface area (Å²) in [5.41, 5.74) is 0.286. The lowest BCUT2D eigenvalue weighted by atomic mass is 10.5. The second kappa shape index (κ2) is 4.79. The van der Waals surface area contributed by atoms with E-state index in [0.717, 1.165) is 17.4 Å². The highest BCUT2D eigenvalue weighted by Gasteiger charge is 2.22. The van der Waals surface area contributed by atoms with Crippen LogP contribution in [0.3, 0.4) is 0 Å². The maximum absolute atomic E-state index is 12.9. The molecule has 0 aliphatic rings. The minimum atomic E-state index is -3.85. The third-order valence-corrected chi connectivity index (χ3v) is 5.15. The van der Waals surface area contributed by atoms with Crippen LogP contribution in [-0.4, -0.2) is 18.4 Å². The predicted molar refractivity (Wildman–Crippen MR) is 66.9 cm³/mol. The van der Waals surface area contributed by atoms with E-state index in [1.165, 1.54) is 19.1 Å². The van der Waals surface area contributed by atoms with Crippen molar-refractivity contribution in [1.82, 2.24) is 9.97 Å². The van der Waals surface area contributed by atoms with Gasteiger partial charge in [-0.1, -0.05) is 29.0 Å². The third-order valence-electron chi connectivity index (χ3n) is 1.93. The van der Waals surface area contributed by atoms with E-state index in [0.29, 0.717) is 0 Å². The van der Waals surface area contributed by atoms with Crippen molar-refractivity contribution in [3.63, 3.8) is 0 Å². The number of hydrogen-bond donors (Lipinski definition) is 1. The quantitative estimate of drug-likeness (QED) is 0.884. The summed E-state index contributed by atoms with van der Waals surface area (Å²) in [7, 11) is -3.85. The van der Waals surface area contributed by atoms with Crippen LogP contribution in [0, 0.1) is 12.9 Å². The van der Waals surface area contributed by atoms with Crippen LogP contribution in [-0.2, 0) is 10.0 Å². The Morgan fingerprint density at radius 2 is 2.11 bits per heavy atom. The Bertz CT molecular complexity index is 687. The maximum atomic E-state index is 12.9. The van der Waals surface area contributed by atoms with Crippen molar-refractivity contribution in [2.24, 2.45) is 0 Å². The molecule has 2 aromatic rings. The average Bonchev–Trinajstić information content (AvgIpc) is 2.58. The highest BCUT2D eigenvalue weighted by atomic mass is 35.5. The number of nitrogens with zero attached hydrogens (tertiary/aromatic N) is 2. The number of sulfonamides is 1. The van der Waals surface area contributed by atoms with Crippen molar-refractivity contribution in [3.05, 3.63) is 34.3 Å². The molecule has 0 saturated heterocycles. The van der Waals surface area contributed by atoms with Gasteiger partial charge in [0.05, 0.1) is 5.69 Å². The molecule has 0 fully saturated rings. The molecule has 0 radical (unpaired) electrons. The van der Waals surface area contributed by atoms with Gasteiger partial charge in [-0.15, -0.1) is 0 Å². The standard InChI is InChI=1S/C9H7ClFN3O2S2/c1-5-8(17-9(10)12-5)18(15,16)14-7-4-2-3-6(11)13-7/h2-4H,1H3,(H,13,14). The summed E-state index contributed by atoms with van der Waals surface area (Å²) in [6.45, 7) is 1.52. The monoisotopic (exact) mass is 307 g/mol. The second-order valence-electron chi connectivity index (χ2n) is 3.29. The number of nitrogens with one attached hydrogen (secondary N) is 1. The van der Waals surface area contributed by atoms with E-state index in [9.17, 15) is 12.8 Å². The van der Waals surface area contributed by atoms with Crippen LogP contribution in [0.1, 0.15) is 5.69 Å². The zero-order valence-corrected chi connectivity index (χ0v) is 11.4. The Hall–Kier alpha value is -1.25. The molecule has 0 spiro atoms. The molecule has 0 amide bonds. The van der Waals surface area contributed by atoms with Gasteiger partial charge >= 0.3 is 0 Å². The molecule has 0 aromatic carbocycles. The van der Waals surface area contributed by atoms with Crippen molar-refractivity contribution in [2.45, 2.75) is 11.1 Å². The Morgan fingerprint density at radius 3 is 2.67 bits per heavy atom. The van der Waals surface area contributed by atoms with Gasteiger partial charge in [-0.3, -0.25) is 4.72 Å². The van der Waals surface area contributed by atoms with Crippen LogP contribution in [0.4, 0.5) is 10.2 Å². The van der Waals surface area contributed by atoms with Gasteiger partial charge in [0.2, 0.25) is 5.95 Å². The number of anilines is 1. The molecule has 1 N–H and O–H groups in total. The topological polar surface area (TPSA) is 72.0 Å². The largest absolute Gasteiger partial charge is 0.274 e. The first-order valence-electron chi connectivity index (χ1n) is 4.67. The molecule has 9 heteroatoms. The Balaban J connectivity index is 2.36. The molecular weight excluding hydrogens is 301 g/mol. The number of thiazole rings is 1. The van der Waals surface area contributed by atoms with E-state index in [-0.39, 0.29) is 20.2 Å². The Kier molecular flexibility index (Phi) is 3.51. The molecule has 2 heterocycles. The lowest BCUT2D eigenvalue weighted by Crippen LogP contribution is -2.13. The van der Waals surface area contributed by atoms with Gasteiger partial charge in [0.1, 0.15) is 5.82 Å². The normalized spacial score (nSPS) is 11.5. The van der Waals surface area contributed by atoms with Crippen LogP contribution >= 0.6 is 22.9 Å². The average molecular weight is 308 g/mol. The van der Waals surface area contributed by atoms with E-state index in [1.807, 2.05) is 0 Å². The van der Waals surface area contributed by atoms with Crippen molar-refractivity contribution in [3.8, 4) is 0 Å². The molecule has 2 rings (SSSR count). The predicted octanol–water partition coefficient (Wildman–Crippen LogP) is 2.44. The molecule has 0 saturated carbocycles. The molecule has 0 aliphatic carbocycles. The molecule has 0 aliphatic heterocycles. The molecule has 5 nitrogen and oxygen atoms in total. The molecule has 18 heavy (non-hydrogen) atoms. The van der Waals surface area contributed by atoms with Gasteiger partial charge in [-0.2, -0.15) is 4.39 Å². The van der Waals surface area contributed by atoms with Gasteiger partial charge < -0.3 is 0 Å². The number of halogens is 2. The third kappa shape index (κ3) is 2.77. The smallest absolute Gasteiger partial charge is 0.263 e. The summed E-state index contributed by atoms with van der Waals surface area (Å²) >= 11 is 6.47. The maximum Gasteiger partial charge on any atom is 0.274 e. The van der Waals surface area contributed by atoms with Crippen molar-refractivity contribution in [1.29, 1.82) is 0 Å². The van der Waals surface area contributed by atoms with Crippen LogP contribution in [0.5, 0.6) is 0 Å². The van der Waals surface area contributed by atoms with Gasteiger partial charge in [-0.05, 0) is 19.1 Å². The number of aromatic nitrogens is 2. The first-order valence-corrected chi connectivity index (χ1v) is 7.34. The molecular formula is C9H7ClFN3O2S2. The molecule has 0 unspecified atom stereocenters. The second-order valence-corrected chi connectivity index (χ2v) is 6.75. The first-order chi connectivity index (χ1) is 8.38. The summed E-state index contributed by atoms with van der Waals surface area (Å²) in [5, 5.41) is 0. The zero-order chi connectivity index (χ0) is 13.3.